The maximum Gasteiger partial charge on any atom is 0.255 e. The van der Waals surface area contributed by atoms with Gasteiger partial charge >= 0.3 is 0 Å². The molecule has 1 N–H and O–H groups in total. The second kappa shape index (κ2) is 6.73. The van der Waals surface area contributed by atoms with E-state index in [1.165, 1.54) is 0 Å². The summed E-state index contributed by atoms with van der Waals surface area (Å²) in [7, 11) is 0. The fraction of sp³-hybridized carbons (Fsp3) is 0.500. The molecule has 1 fully saturated rings. The second-order valence-corrected chi connectivity index (χ2v) is 6.13. The molecule has 1 saturated heterocycles. The van der Waals surface area contributed by atoms with Crippen molar-refractivity contribution < 1.29 is 9.90 Å². The molecule has 1 atom stereocenters. The SMILES string of the molecule is O=C(c1ccc(Br)cc1Cl)N1CCCCCC1CO. The lowest BCUT2D eigenvalue weighted by Crippen LogP contribution is -2.42. The molecule has 1 amide bonds. The van der Waals surface area contributed by atoms with Crippen LogP contribution in [0.5, 0.6) is 0 Å². The van der Waals surface area contributed by atoms with Gasteiger partial charge in [0.2, 0.25) is 0 Å². The van der Waals surface area contributed by atoms with Gasteiger partial charge in [0.05, 0.1) is 23.2 Å². The third-order valence-corrected chi connectivity index (χ3v) is 4.32. The summed E-state index contributed by atoms with van der Waals surface area (Å²) >= 11 is 9.47. The average Bonchev–Trinajstić information content (AvgIpc) is 2.63. The highest BCUT2D eigenvalue weighted by Crippen LogP contribution is 2.25. The Morgan fingerprint density at radius 1 is 1.42 bits per heavy atom. The third-order valence-electron chi connectivity index (χ3n) is 3.51. The Labute approximate surface area is 126 Å². The minimum Gasteiger partial charge on any atom is -0.394 e. The zero-order valence-electron chi connectivity index (χ0n) is 10.6. The molecule has 0 aliphatic carbocycles. The van der Waals surface area contributed by atoms with E-state index in [2.05, 4.69) is 15.9 Å². The summed E-state index contributed by atoms with van der Waals surface area (Å²) in [5, 5.41) is 9.91. The van der Waals surface area contributed by atoms with E-state index in [0.29, 0.717) is 17.1 Å². The second-order valence-electron chi connectivity index (χ2n) is 4.81. The first-order chi connectivity index (χ1) is 9.13. The van der Waals surface area contributed by atoms with Gasteiger partial charge in [-0.3, -0.25) is 4.79 Å². The van der Waals surface area contributed by atoms with Crippen LogP contribution in [0.3, 0.4) is 0 Å². The third kappa shape index (κ3) is 3.50. The van der Waals surface area contributed by atoms with Crippen LogP contribution < -0.4 is 0 Å². The van der Waals surface area contributed by atoms with E-state index in [4.69, 9.17) is 11.6 Å². The Balaban J connectivity index is 2.25. The molecule has 1 unspecified atom stereocenters. The number of amides is 1. The Bertz CT molecular complexity index is 467. The Morgan fingerprint density at radius 2 is 2.21 bits per heavy atom. The van der Waals surface area contributed by atoms with E-state index in [-0.39, 0.29) is 18.6 Å². The number of aliphatic hydroxyl groups is 1. The number of halogens is 2. The molecule has 0 saturated carbocycles. The largest absolute Gasteiger partial charge is 0.394 e. The molecule has 1 aromatic rings. The topological polar surface area (TPSA) is 40.5 Å². The zero-order valence-corrected chi connectivity index (χ0v) is 13.0. The molecular formula is C14H17BrClNO2. The van der Waals surface area contributed by atoms with Gasteiger partial charge in [-0.15, -0.1) is 0 Å². The minimum atomic E-state index is -0.0882. The van der Waals surface area contributed by atoms with Crippen molar-refractivity contribution in [2.24, 2.45) is 0 Å². The van der Waals surface area contributed by atoms with Crippen molar-refractivity contribution in [1.82, 2.24) is 4.90 Å². The molecule has 0 bridgehead atoms. The number of hydrogen-bond acceptors (Lipinski definition) is 2. The fourth-order valence-electron chi connectivity index (χ4n) is 2.45. The molecular weight excluding hydrogens is 330 g/mol. The highest BCUT2D eigenvalue weighted by molar-refractivity contribution is 9.10. The van der Waals surface area contributed by atoms with Gasteiger partial charge in [-0.2, -0.15) is 0 Å². The lowest BCUT2D eigenvalue weighted by Gasteiger charge is -2.29. The molecule has 104 valence electrons. The molecule has 0 spiro atoms. The number of carbonyl (C=O) groups excluding carboxylic acids is 1. The van der Waals surface area contributed by atoms with Crippen LogP contribution in [0.25, 0.3) is 0 Å². The van der Waals surface area contributed by atoms with Crippen LogP contribution in [0.4, 0.5) is 0 Å². The molecule has 3 nitrogen and oxygen atoms in total. The number of rotatable bonds is 2. The number of aliphatic hydroxyl groups excluding tert-OH is 1. The summed E-state index contributed by atoms with van der Waals surface area (Å²) in [6, 6.07) is 5.18. The van der Waals surface area contributed by atoms with Crippen LogP contribution >= 0.6 is 27.5 Å². The van der Waals surface area contributed by atoms with E-state index >= 15 is 0 Å². The minimum absolute atomic E-state index is 0.0138. The molecule has 1 aliphatic rings. The monoisotopic (exact) mass is 345 g/mol. The number of likely N-dealkylation sites (tertiary alicyclic amines) is 1. The Morgan fingerprint density at radius 3 is 2.89 bits per heavy atom. The van der Waals surface area contributed by atoms with E-state index in [1.54, 1.807) is 17.0 Å². The molecule has 0 aromatic heterocycles. The average molecular weight is 347 g/mol. The predicted octanol–water partition coefficient (Wildman–Crippen LogP) is 3.48. The van der Waals surface area contributed by atoms with Gasteiger partial charge in [0, 0.05) is 11.0 Å². The van der Waals surface area contributed by atoms with Gasteiger partial charge in [0.25, 0.3) is 5.91 Å². The van der Waals surface area contributed by atoms with E-state index < -0.39 is 0 Å². The normalized spacial score (nSPS) is 20.2. The summed E-state index contributed by atoms with van der Waals surface area (Å²) in [5.41, 5.74) is 0.505. The van der Waals surface area contributed by atoms with Gasteiger partial charge in [-0.25, -0.2) is 0 Å². The molecule has 19 heavy (non-hydrogen) atoms. The summed E-state index contributed by atoms with van der Waals surface area (Å²) in [6.45, 7) is 0.705. The highest BCUT2D eigenvalue weighted by Gasteiger charge is 2.26. The Kier molecular flexibility index (Phi) is 5.25. The predicted molar refractivity (Wildman–Crippen MR) is 79.5 cm³/mol. The van der Waals surface area contributed by atoms with Crippen LogP contribution in [0.1, 0.15) is 36.0 Å². The summed E-state index contributed by atoms with van der Waals surface area (Å²) in [4.78, 5) is 14.3. The number of nitrogens with zero attached hydrogens (tertiary/aromatic N) is 1. The van der Waals surface area contributed by atoms with Crippen molar-refractivity contribution >= 4 is 33.4 Å². The summed E-state index contributed by atoms with van der Waals surface area (Å²) < 4.78 is 0.851. The van der Waals surface area contributed by atoms with Crippen LogP contribution in [-0.4, -0.2) is 35.1 Å². The van der Waals surface area contributed by atoms with Crippen molar-refractivity contribution in [3.05, 3.63) is 33.3 Å². The van der Waals surface area contributed by atoms with Gasteiger partial charge in [-0.1, -0.05) is 40.4 Å². The van der Waals surface area contributed by atoms with Crippen molar-refractivity contribution in [2.75, 3.05) is 13.2 Å². The lowest BCUT2D eigenvalue weighted by molar-refractivity contribution is 0.0600. The zero-order chi connectivity index (χ0) is 13.8. The van der Waals surface area contributed by atoms with Crippen LogP contribution in [0, 0.1) is 0 Å². The fourth-order valence-corrected chi connectivity index (χ4v) is 3.21. The first kappa shape index (κ1) is 14.8. The van der Waals surface area contributed by atoms with Gasteiger partial charge in [-0.05, 0) is 31.0 Å². The van der Waals surface area contributed by atoms with Crippen LogP contribution in [0.2, 0.25) is 5.02 Å². The smallest absolute Gasteiger partial charge is 0.255 e. The maximum absolute atomic E-state index is 12.6. The van der Waals surface area contributed by atoms with Crippen molar-refractivity contribution in [1.29, 1.82) is 0 Å². The Hall–Kier alpha value is -0.580. The van der Waals surface area contributed by atoms with Gasteiger partial charge in [0.15, 0.2) is 0 Å². The first-order valence-electron chi connectivity index (χ1n) is 6.50. The standard InChI is InChI=1S/C14H17BrClNO2/c15-10-5-6-12(13(16)8-10)14(19)17-7-3-1-2-4-11(17)9-18/h5-6,8,11,18H,1-4,7,9H2. The molecule has 1 aromatic carbocycles. The maximum atomic E-state index is 12.6. The number of hydrogen-bond donors (Lipinski definition) is 1. The van der Waals surface area contributed by atoms with Crippen molar-refractivity contribution in [3.8, 4) is 0 Å². The summed E-state index contributed by atoms with van der Waals surface area (Å²) in [5.74, 6) is -0.0848. The molecule has 1 aliphatic heterocycles. The van der Waals surface area contributed by atoms with E-state index in [0.717, 1.165) is 30.2 Å². The lowest BCUT2D eigenvalue weighted by atomic mass is 10.1. The van der Waals surface area contributed by atoms with Gasteiger partial charge < -0.3 is 10.0 Å². The highest BCUT2D eigenvalue weighted by atomic mass is 79.9. The van der Waals surface area contributed by atoms with Crippen LogP contribution in [-0.2, 0) is 0 Å². The van der Waals surface area contributed by atoms with Crippen molar-refractivity contribution in [3.63, 3.8) is 0 Å². The summed E-state index contributed by atoms with van der Waals surface area (Å²) in [6.07, 6.45) is 4.00. The molecule has 2 rings (SSSR count). The number of benzene rings is 1. The molecule has 1 heterocycles. The van der Waals surface area contributed by atoms with E-state index in [1.807, 2.05) is 6.07 Å². The van der Waals surface area contributed by atoms with Crippen LogP contribution in [0.15, 0.2) is 22.7 Å². The first-order valence-corrected chi connectivity index (χ1v) is 7.67. The quantitative estimate of drug-likeness (QED) is 0.890. The molecule has 0 radical (unpaired) electrons. The van der Waals surface area contributed by atoms with Gasteiger partial charge in [0.1, 0.15) is 0 Å². The number of carbonyl (C=O) groups is 1. The molecule has 5 heteroatoms. The van der Waals surface area contributed by atoms with E-state index in [9.17, 15) is 9.90 Å². The van der Waals surface area contributed by atoms with Crippen molar-refractivity contribution in [2.45, 2.75) is 31.7 Å².